The van der Waals surface area contributed by atoms with E-state index in [1.807, 2.05) is 75.4 Å². The summed E-state index contributed by atoms with van der Waals surface area (Å²) in [6, 6.07) is 17.2. The van der Waals surface area contributed by atoms with Gasteiger partial charge in [0.05, 0.1) is 0 Å². The standard InChI is InChI=1S/C20H26N2O3/c1-20(2,3)25-19(23)22(14-13-21)15-16-9-11-18(12-10-16)24-17-7-5-4-6-8-17/h4-12H,13-15,21H2,1-3H3. The Labute approximate surface area is 149 Å². The van der Waals surface area contributed by atoms with E-state index in [9.17, 15) is 4.79 Å². The molecule has 0 unspecified atom stereocenters. The number of ether oxygens (including phenoxy) is 2. The normalized spacial score (nSPS) is 11.0. The molecule has 0 aliphatic carbocycles. The molecule has 2 aromatic rings. The van der Waals surface area contributed by atoms with Crippen LogP contribution in [-0.4, -0.2) is 29.7 Å². The van der Waals surface area contributed by atoms with E-state index in [2.05, 4.69) is 0 Å². The molecule has 1 amide bonds. The van der Waals surface area contributed by atoms with Gasteiger partial charge in [-0.3, -0.25) is 0 Å². The Morgan fingerprint density at radius 2 is 1.60 bits per heavy atom. The monoisotopic (exact) mass is 342 g/mol. The van der Waals surface area contributed by atoms with Gasteiger partial charge in [-0.1, -0.05) is 30.3 Å². The van der Waals surface area contributed by atoms with Crippen molar-refractivity contribution in [2.24, 2.45) is 5.73 Å². The van der Waals surface area contributed by atoms with E-state index in [0.717, 1.165) is 17.1 Å². The molecule has 0 heterocycles. The molecular formula is C20H26N2O3. The second-order valence-corrected chi connectivity index (χ2v) is 6.75. The molecule has 0 fully saturated rings. The fourth-order valence-corrected chi connectivity index (χ4v) is 2.23. The largest absolute Gasteiger partial charge is 0.457 e. The molecule has 0 spiro atoms. The Balaban J connectivity index is 2.00. The Bertz CT molecular complexity index is 664. The summed E-state index contributed by atoms with van der Waals surface area (Å²) in [5, 5.41) is 0. The third kappa shape index (κ3) is 6.47. The first-order valence-corrected chi connectivity index (χ1v) is 8.37. The van der Waals surface area contributed by atoms with Crippen LogP contribution >= 0.6 is 0 Å². The maximum absolute atomic E-state index is 12.3. The smallest absolute Gasteiger partial charge is 0.410 e. The second-order valence-electron chi connectivity index (χ2n) is 6.75. The molecule has 0 saturated heterocycles. The van der Waals surface area contributed by atoms with Crippen LogP contribution in [0.3, 0.4) is 0 Å². The first-order valence-electron chi connectivity index (χ1n) is 8.37. The van der Waals surface area contributed by atoms with Crippen molar-refractivity contribution in [3.8, 4) is 11.5 Å². The second kappa shape index (κ2) is 8.53. The van der Waals surface area contributed by atoms with Crippen LogP contribution in [0.15, 0.2) is 54.6 Å². The minimum Gasteiger partial charge on any atom is -0.457 e. The van der Waals surface area contributed by atoms with E-state index in [0.29, 0.717) is 19.6 Å². The fourth-order valence-electron chi connectivity index (χ4n) is 2.23. The predicted molar refractivity (Wildman–Crippen MR) is 98.7 cm³/mol. The predicted octanol–water partition coefficient (Wildman–Crippen LogP) is 4.17. The topological polar surface area (TPSA) is 64.8 Å². The highest BCUT2D eigenvalue weighted by Crippen LogP contribution is 2.22. The molecule has 0 atom stereocenters. The van der Waals surface area contributed by atoms with Crippen molar-refractivity contribution < 1.29 is 14.3 Å². The van der Waals surface area contributed by atoms with Crippen LogP contribution in [-0.2, 0) is 11.3 Å². The van der Waals surface area contributed by atoms with Crippen molar-refractivity contribution in [1.29, 1.82) is 0 Å². The van der Waals surface area contributed by atoms with Crippen LogP contribution in [0.4, 0.5) is 4.79 Å². The zero-order chi connectivity index (χ0) is 18.3. The number of carbonyl (C=O) groups excluding carboxylic acids is 1. The van der Waals surface area contributed by atoms with Crippen molar-refractivity contribution in [2.75, 3.05) is 13.1 Å². The lowest BCUT2D eigenvalue weighted by Crippen LogP contribution is -2.39. The van der Waals surface area contributed by atoms with Gasteiger partial charge in [0.15, 0.2) is 0 Å². The maximum atomic E-state index is 12.3. The van der Waals surface area contributed by atoms with Gasteiger partial charge in [0.25, 0.3) is 0 Å². The Morgan fingerprint density at radius 3 is 2.16 bits per heavy atom. The van der Waals surface area contributed by atoms with Crippen molar-refractivity contribution in [1.82, 2.24) is 4.90 Å². The van der Waals surface area contributed by atoms with E-state index in [4.69, 9.17) is 15.2 Å². The summed E-state index contributed by atoms with van der Waals surface area (Å²) in [6.07, 6.45) is -0.359. The Kier molecular flexibility index (Phi) is 6.42. The summed E-state index contributed by atoms with van der Waals surface area (Å²) in [5.74, 6) is 1.53. The van der Waals surface area contributed by atoms with Crippen molar-refractivity contribution in [3.05, 3.63) is 60.2 Å². The van der Waals surface area contributed by atoms with E-state index in [-0.39, 0.29) is 6.09 Å². The number of nitrogens with two attached hydrogens (primary N) is 1. The first kappa shape index (κ1) is 18.8. The minimum atomic E-state index is -0.530. The molecule has 2 aromatic carbocycles. The van der Waals surface area contributed by atoms with Gasteiger partial charge in [-0.25, -0.2) is 4.79 Å². The van der Waals surface area contributed by atoms with Crippen LogP contribution in [0.2, 0.25) is 0 Å². The molecule has 0 saturated carbocycles. The molecule has 5 heteroatoms. The first-order chi connectivity index (χ1) is 11.9. The Morgan fingerprint density at radius 1 is 1.00 bits per heavy atom. The van der Waals surface area contributed by atoms with E-state index in [1.54, 1.807) is 4.90 Å². The number of amides is 1. The number of benzene rings is 2. The molecule has 0 aliphatic heterocycles. The molecule has 134 valence electrons. The third-order valence-electron chi connectivity index (χ3n) is 3.33. The highest BCUT2D eigenvalue weighted by Gasteiger charge is 2.21. The van der Waals surface area contributed by atoms with E-state index in [1.165, 1.54) is 0 Å². The van der Waals surface area contributed by atoms with Gasteiger partial charge < -0.3 is 20.1 Å². The van der Waals surface area contributed by atoms with Crippen molar-refractivity contribution in [2.45, 2.75) is 32.9 Å². The van der Waals surface area contributed by atoms with Gasteiger partial charge in [-0.15, -0.1) is 0 Å². The van der Waals surface area contributed by atoms with Gasteiger partial charge in [-0.05, 0) is 50.6 Å². The van der Waals surface area contributed by atoms with Crippen LogP contribution in [0.25, 0.3) is 0 Å². The van der Waals surface area contributed by atoms with E-state index >= 15 is 0 Å². The SMILES string of the molecule is CC(C)(C)OC(=O)N(CCN)Cc1ccc(Oc2ccccc2)cc1. The van der Waals surface area contributed by atoms with Crippen LogP contribution in [0, 0.1) is 0 Å². The number of carbonyl (C=O) groups is 1. The van der Waals surface area contributed by atoms with Gasteiger partial charge >= 0.3 is 6.09 Å². The molecule has 25 heavy (non-hydrogen) atoms. The highest BCUT2D eigenvalue weighted by atomic mass is 16.6. The molecule has 0 bridgehead atoms. The van der Waals surface area contributed by atoms with Gasteiger partial charge in [-0.2, -0.15) is 0 Å². The van der Waals surface area contributed by atoms with Gasteiger partial charge in [0.1, 0.15) is 17.1 Å². The lowest BCUT2D eigenvalue weighted by molar-refractivity contribution is 0.0239. The van der Waals surface area contributed by atoms with Gasteiger partial charge in [0.2, 0.25) is 0 Å². The summed E-state index contributed by atoms with van der Waals surface area (Å²) in [6.45, 7) is 6.81. The van der Waals surface area contributed by atoms with Crippen LogP contribution in [0.1, 0.15) is 26.3 Å². The number of hydrogen-bond acceptors (Lipinski definition) is 4. The average Bonchev–Trinajstić information content (AvgIpc) is 2.55. The summed E-state index contributed by atoms with van der Waals surface area (Å²) in [5.41, 5.74) is 6.08. The summed E-state index contributed by atoms with van der Waals surface area (Å²) in [7, 11) is 0. The molecular weight excluding hydrogens is 316 g/mol. The van der Waals surface area contributed by atoms with Crippen molar-refractivity contribution in [3.63, 3.8) is 0 Å². The lowest BCUT2D eigenvalue weighted by Gasteiger charge is -2.27. The molecule has 0 aromatic heterocycles. The number of rotatable bonds is 6. The number of hydrogen-bond donors (Lipinski definition) is 1. The zero-order valence-electron chi connectivity index (χ0n) is 15.1. The van der Waals surface area contributed by atoms with Gasteiger partial charge in [0, 0.05) is 19.6 Å². The molecule has 0 aliphatic rings. The summed E-state index contributed by atoms with van der Waals surface area (Å²) in [4.78, 5) is 13.9. The molecule has 2 rings (SSSR count). The average molecular weight is 342 g/mol. The molecule has 5 nitrogen and oxygen atoms in total. The van der Waals surface area contributed by atoms with E-state index < -0.39 is 5.60 Å². The maximum Gasteiger partial charge on any atom is 0.410 e. The highest BCUT2D eigenvalue weighted by molar-refractivity contribution is 5.68. The summed E-state index contributed by atoms with van der Waals surface area (Å²) < 4.78 is 11.2. The number of nitrogens with zero attached hydrogens (tertiary/aromatic N) is 1. The Hall–Kier alpha value is -2.53. The summed E-state index contributed by atoms with van der Waals surface area (Å²) >= 11 is 0. The van der Waals surface area contributed by atoms with Crippen LogP contribution in [0.5, 0.6) is 11.5 Å². The minimum absolute atomic E-state index is 0.359. The van der Waals surface area contributed by atoms with Crippen molar-refractivity contribution >= 4 is 6.09 Å². The molecule has 0 radical (unpaired) electrons. The molecule has 2 N–H and O–H groups in total. The quantitative estimate of drug-likeness (QED) is 0.855. The van der Waals surface area contributed by atoms with Crippen LogP contribution < -0.4 is 10.5 Å². The zero-order valence-corrected chi connectivity index (χ0v) is 15.1. The third-order valence-corrected chi connectivity index (χ3v) is 3.33. The fraction of sp³-hybridized carbons (Fsp3) is 0.350. The number of para-hydroxylation sites is 1. The lowest BCUT2D eigenvalue weighted by atomic mass is 10.2.